The number of halogens is 10. The van der Waals surface area contributed by atoms with Crippen molar-refractivity contribution in [2.45, 2.75) is 173 Å². The van der Waals surface area contributed by atoms with Gasteiger partial charge in [-0.2, -0.15) is 52.3 Å². The van der Waals surface area contributed by atoms with Crippen molar-refractivity contribution >= 4 is 41.0 Å². The zero-order valence-electron chi connectivity index (χ0n) is 53.4. The Morgan fingerprint density at radius 1 is 0.479 bits per heavy atom. The number of hydrogen-bond acceptors (Lipinski definition) is 9. The SMILES string of the molecule is C[C@]12C[C@H](c3ccc(-c4ccc([S@@](C)(=N)=O)cc4)cc3)C3=C4CCC(=O)C=C4CCC3C1CC[C@@]2(O)C(F)(F)C(F)(F)F.Cc1ccc(S(=O)(=O)N=[S@](C)(=O)c2ccc(-c3ccc([C@H]4C[C@@]5(C)C(CC[C@@]5(O)C(F)(F)C(F)(F)F)C5CCC6=CC(=O)CCC6=C54)cc3)cc2)cc1. The number of nitrogens with one attached hydrogen (secondary N) is 1. The summed E-state index contributed by atoms with van der Waals surface area (Å²) in [6.45, 7) is 4.63. The minimum atomic E-state index is -5.92. The Morgan fingerprint density at radius 3 is 1.18 bits per heavy atom. The van der Waals surface area contributed by atoms with Crippen molar-refractivity contribution in [3.05, 3.63) is 184 Å². The Bertz CT molecular complexity index is 4480. The summed E-state index contributed by atoms with van der Waals surface area (Å²) in [6.07, 6.45) is -3.58. The van der Waals surface area contributed by atoms with Crippen molar-refractivity contribution < 1.29 is 80.5 Å². The van der Waals surface area contributed by atoms with Crippen molar-refractivity contribution in [2.24, 2.45) is 38.3 Å². The maximum atomic E-state index is 15.3. The van der Waals surface area contributed by atoms with E-state index in [2.05, 4.69) is 3.77 Å². The monoisotopic (exact) mass is 1390 g/mol. The van der Waals surface area contributed by atoms with Crippen LogP contribution < -0.4 is 0 Å². The van der Waals surface area contributed by atoms with Gasteiger partial charge in [0.1, 0.15) is 11.2 Å². The van der Waals surface area contributed by atoms with E-state index in [0.717, 1.165) is 61.3 Å². The highest BCUT2D eigenvalue weighted by Gasteiger charge is 2.80. The Morgan fingerprint density at radius 2 is 0.823 bits per heavy atom. The van der Waals surface area contributed by atoms with Crippen LogP contribution in [0.3, 0.4) is 0 Å². The summed E-state index contributed by atoms with van der Waals surface area (Å²) < 4.78 is 207. The molecule has 4 unspecified atom stereocenters. The van der Waals surface area contributed by atoms with Crippen molar-refractivity contribution in [1.82, 2.24) is 0 Å². The highest BCUT2D eigenvalue weighted by Crippen LogP contribution is 2.73. The molecule has 0 amide bonds. The van der Waals surface area contributed by atoms with Gasteiger partial charge in [-0.25, -0.2) is 13.2 Å². The van der Waals surface area contributed by atoms with Gasteiger partial charge in [-0.3, -0.25) is 9.59 Å². The Labute approximate surface area is 552 Å². The molecule has 5 aromatic carbocycles. The molecule has 0 aliphatic heterocycles. The number of sulfonamides is 1. The molecule has 0 saturated heterocycles. The number of ketones is 2. The van der Waals surface area contributed by atoms with E-state index in [1.54, 1.807) is 72.8 Å². The molecule has 5 aromatic rings. The highest BCUT2D eigenvalue weighted by molar-refractivity contribution is 8.03. The normalized spacial score (nSPS) is 30.4. The van der Waals surface area contributed by atoms with Gasteiger partial charge in [0.25, 0.3) is 10.0 Å². The summed E-state index contributed by atoms with van der Waals surface area (Å²) >= 11 is 0. The number of alkyl halides is 10. The van der Waals surface area contributed by atoms with Crippen LogP contribution in [0.15, 0.2) is 185 Å². The smallest absolute Gasteiger partial charge is 0.383 e. The number of aryl methyl sites for hydroxylation is 1. The summed E-state index contributed by atoms with van der Waals surface area (Å²) in [5.41, 5.74) is 1.28. The number of fused-ring (bicyclic) bond motifs is 8. The molecule has 4 fully saturated rings. The van der Waals surface area contributed by atoms with E-state index in [0.29, 0.717) is 67.4 Å². The number of hydrogen-bond donors (Lipinski definition) is 3. The van der Waals surface area contributed by atoms with Crippen LogP contribution in [0.4, 0.5) is 43.9 Å². The molecule has 0 bridgehead atoms. The second-order valence-corrected chi connectivity index (χ2v) is 34.5. The minimum Gasteiger partial charge on any atom is -0.383 e. The molecule has 0 spiro atoms. The van der Waals surface area contributed by atoms with Gasteiger partial charge >= 0.3 is 24.2 Å². The fourth-order valence-electron chi connectivity index (χ4n) is 18.0. The lowest BCUT2D eigenvalue weighted by Crippen LogP contribution is -2.65. The molecule has 0 radical (unpaired) electrons. The Kier molecular flexibility index (Phi) is 17.2. The largest absolute Gasteiger partial charge is 0.456 e. The van der Waals surface area contributed by atoms with Crippen LogP contribution >= 0.6 is 0 Å². The maximum absolute atomic E-state index is 15.3. The number of aliphatic hydroxyl groups is 2. The third-order valence-electron chi connectivity index (χ3n) is 23.0. The predicted octanol–water partition coefficient (Wildman–Crippen LogP) is 17.6. The number of carbonyl (C=O) groups is 2. The zero-order valence-corrected chi connectivity index (χ0v) is 55.8. The van der Waals surface area contributed by atoms with E-state index >= 15 is 17.6 Å². The number of rotatable bonds is 10. The lowest BCUT2D eigenvalue weighted by atomic mass is 9.50. The molecule has 0 heterocycles. The first-order valence-electron chi connectivity index (χ1n) is 32.1. The molecule has 13 rings (SSSR count). The lowest BCUT2D eigenvalue weighted by Gasteiger charge is -2.56. The van der Waals surface area contributed by atoms with Gasteiger partial charge in [-0.1, -0.05) is 115 Å². The van der Waals surface area contributed by atoms with Crippen LogP contribution in [-0.2, 0) is 39.1 Å². The van der Waals surface area contributed by atoms with Gasteiger partial charge in [0.2, 0.25) is 0 Å². The van der Waals surface area contributed by atoms with Crippen LogP contribution in [0.5, 0.6) is 0 Å². The minimum absolute atomic E-state index is 0.0101. The number of allylic oxidation sites excluding steroid dienone is 8. The summed E-state index contributed by atoms with van der Waals surface area (Å²) in [4.78, 5) is 25.2. The molecular weight excluding hydrogens is 1320 g/mol. The second-order valence-electron chi connectivity index (χ2n) is 28.2. The van der Waals surface area contributed by atoms with Crippen LogP contribution in [-0.4, -0.2) is 86.5 Å². The van der Waals surface area contributed by atoms with Crippen LogP contribution in [0, 0.1) is 46.2 Å². The van der Waals surface area contributed by atoms with Gasteiger partial charge in [0, 0.05) is 57.8 Å². The molecule has 12 atom stereocenters. The molecule has 4 saturated carbocycles. The topological polar surface area (TPSA) is 179 Å². The zero-order chi connectivity index (χ0) is 69.5. The quantitative estimate of drug-likeness (QED) is 0.116. The molecule has 96 heavy (non-hydrogen) atoms. The van der Waals surface area contributed by atoms with E-state index in [4.69, 9.17) is 4.78 Å². The molecular formula is C73H74F10N2O8S3. The first-order valence-corrected chi connectivity index (χ1v) is 37.5. The predicted molar refractivity (Wildman–Crippen MR) is 344 cm³/mol. The average Bonchev–Trinajstić information content (AvgIpc) is 1.46. The molecule has 8 aliphatic carbocycles. The van der Waals surface area contributed by atoms with Crippen LogP contribution in [0.1, 0.15) is 132 Å². The summed E-state index contributed by atoms with van der Waals surface area (Å²) in [6, 6.07) is 34.0. The van der Waals surface area contributed by atoms with E-state index in [1.165, 1.54) is 38.5 Å². The first-order chi connectivity index (χ1) is 44.7. The van der Waals surface area contributed by atoms with Gasteiger partial charge < -0.3 is 10.2 Å². The van der Waals surface area contributed by atoms with Gasteiger partial charge in [0.05, 0.1) is 24.4 Å². The van der Waals surface area contributed by atoms with Gasteiger partial charge in [-0.15, -0.1) is 3.77 Å². The Balaban J connectivity index is 0.000000187. The summed E-state index contributed by atoms with van der Waals surface area (Å²) in [5, 5.41) is 23.0. The summed E-state index contributed by atoms with van der Waals surface area (Å²) in [7, 11) is -10.4. The maximum Gasteiger partial charge on any atom is 0.456 e. The van der Waals surface area contributed by atoms with E-state index in [1.807, 2.05) is 55.5 Å². The molecule has 23 heteroatoms. The second kappa shape index (κ2) is 23.8. The molecule has 512 valence electrons. The molecule has 10 nitrogen and oxygen atoms in total. The van der Waals surface area contributed by atoms with Crippen molar-refractivity contribution in [3.8, 4) is 22.3 Å². The van der Waals surface area contributed by atoms with E-state index in [9.17, 15) is 63.0 Å². The third-order valence-corrected chi connectivity index (χ3v) is 28.1. The van der Waals surface area contributed by atoms with Gasteiger partial charge in [-0.05, 0) is 212 Å². The Hall–Kier alpha value is -6.53. The number of benzene rings is 5. The molecule has 3 N–H and O–H groups in total. The van der Waals surface area contributed by atoms with Crippen molar-refractivity contribution in [1.29, 1.82) is 4.78 Å². The van der Waals surface area contributed by atoms with E-state index < -0.39 is 112 Å². The van der Waals surface area contributed by atoms with E-state index in [-0.39, 0.29) is 58.9 Å². The fourth-order valence-corrected chi connectivity index (χ4v) is 22.0. The van der Waals surface area contributed by atoms with Crippen LogP contribution in [0.2, 0.25) is 0 Å². The standard InChI is InChI=1S/C40H40F5NO5S2.C33H34F5NO3S/c1-24-4-14-31(15-5-24)53(50,51)46-52(3,49)30-16-10-26(11-17-30)25-6-8-27(9-7-25)34-23-37(2)35(20-21-38(37,48)39(41,42)40(43,44)45)33-18-12-28-22-29(47)13-19-32(28)36(33)34;1-30-18-27(21-5-3-19(4-6-21)20-7-11-24(12-8-20)43(2,39)42)29-25-14-10-23(40)17-22(25)9-13-26(29)28(30)15-16-31(30,41)32(34,35)33(36,37)38/h4-11,14-17,22,33-35,48H,12-13,18-21,23H2,1-3H3;3-8,11-12,17,26-28,39,41H,9-10,13-16,18H2,1-2H3/t33?,34-,35?,37+,38+,52-;26?,27-,28?,30+,31+,43+/m11/s1. The first kappa shape index (κ1) is 69.4. The number of nitrogens with zero attached hydrogens (tertiary/aromatic N) is 1. The summed E-state index contributed by atoms with van der Waals surface area (Å²) in [5.74, 6) is -13.4. The molecule has 8 aliphatic rings. The molecule has 0 aromatic heterocycles. The lowest BCUT2D eigenvalue weighted by molar-refractivity contribution is -0.362. The fraction of sp³-hybridized carbons (Fsp3) is 0.452. The van der Waals surface area contributed by atoms with Crippen LogP contribution in [0.25, 0.3) is 22.3 Å². The van der Waals surface area contributed by atoms with Gasteiger partial charge in [0.15, 0.2) is 11.6 Å². The highest BCUT2D eigenvalue weighted by atomic mass is 32.3. The average molecular weight is 1390 g/mol. The number of carbonyl (C=O) groups excluding carboxylic acids is 2. The van der Waals surface area contributed by atoms with Crippen molar-refractivity contribution in [3.63, 3.8) is 0 Å². The third kappa shape index (κ3) is 11.4. The van der Waals surface area contributed by atoms with Crippen molar-refractivity contribution in [2.75, 3.05) is 12.5 Å².